The molecule has 0 aromatic carbocycles. The van der Waals surface area contributed by atoms with E-state index in [2.05, 4.69) is 5.32 Å². The lowest BCUT2D eigenvalue weighted by Crippen LogP contribution is -2.38. The number of amides is 2. The number of nitrogens with one attached hydrogen (secondary N) is 1. The number of nitrogens with zero attached hydrogens (tertiary/aromatic N) is 1. The maximum absolute atomic E-state index is 11.9. The molecule has 1 saturated carbocycles. The van der Waals surface area contributed by atoms with E-state index >= 15 is 0 Å². The summed E-state index contributed by atoms with van der Waals surface area (Å²) in [6.45, 7) is 0.691. The van der Waals surface area contributed by atoms with Gasteiger partial charge in [0, 0.05) is 32.5 Å². The number of ether oxygens (including phenoxy) is 1. The fourth-order valence-corrected chi connectivity index (χ4v) is 1.76. The van der Waals surface area contributed by atoms with Crippen LogP contribution in [0.15, 0.2) is 0 Å². The predicted molar refractivity (Wildman–Crippen MR) is 71.1 cm³/mol. The third kappa shape index (κ3) is 6.51. The van der Waals surface area contributed by atoms with Crippen molar-refractivity contribution >= 4 is 17.8 Å². The maximum Gasteiger partial charge on any atom is 0.323 e. The molecule has 7 nitrogen and oxygen atoms in total. The highest BCUT2D eigenvalue weighted by Crippen LogP contribution is 2.28. The summed E-state index contributed by atoms with van der Waals surface area (Å²) < 4.78 is 4.85. The van der Waals surface area contributed by atoms with Crippen LogP contribution in [0, 0.1) is 5.92 Å². The van der Waals surface area contributed by atoms with Crippen LogP contribution in [-0.2, 0) is 19.1 Å². The van der Waals surface area contributed by atoms with E-state index in [1.807, 2.05) is 0 Å². The predicted octanol–water partition coefficient (Wildman–Crippen LogP) is -0.148. The molecule has 1 fully saturated rings. The molecule has 0 spiro atoms. The van der Waals surface area contributed by atoms with Crippen molar-refractivity contribution in [3.05, 3.63) is 0 Å². The molecule has 7 heteroatoms. The average Bonchev–Trinajstić information content (AvgIpc) is 3.23. The number of carboxylic acids is 1. The maximum atomic E-state index is 11.9. The second kappa shape index (κ2) is 8.52. The zero-order valence-corrected chi connectivity index (χ0v) is 11.8. The second-order valence-electron chi connectivity index (χ2n) is 4.87. The zero-order valence-electron chi connectivity index (χ0n) is 11.8. The van der Waals surface area contributed by atoms with Crippen molar-refractivity contribution in [1.29, 1.82) is 0 Å². The topological polar surface area (TPSA) is 95.9 Å². The number of aliphatic carboxylic acids is 1. The Bertz CT molecular complexity index is 355. The van der Waals surface area contributed by atoms with Gasteiger partial charge in [-0.1, -0.05) is 0 Å². The Morgan fingerprint density at radius 2 is 2.05 bits per heavy atom. The van der Waals surface area contributed by atoms with E-state index in [9.17, 15) is 14.4 Å². The minimum atomic E-state index is -1.04. The Kier molecular flexibility index (Phi) is 7.00. The Labute approximate surface area is 118 Å². The van der Waals surface area contributed by atoms with Crippen molar-refractivity contribution < 1.29 is 24.2 Å². The van der Waals surface area contributed by atoms with Gasteiger partial charge in [-0.25, -0.2) is 0 Å². The van der Waals surface area contributed by atoms with Gasteiger partial charge in [0.15, 0.2) is 0 Å². The van der Waals surface area contributed by atoms with Gasteiger partial charge in [-0.05, 0) is 19.3 Å². The van der Waals surface area contributed by atoms with E-state index in [-0.39, 0.29) is 37.2 Å². The number of hydrogen-bond acceptors (Lipinski definition) is 4. The van der Waals surface area contributed by atoms with E-state index < -0.39 is 5.97 Å². The van der Waals surface area contributed by atoms with Gasteiger partial charge in [0.25, 0.3) is 0 Å². The standard InChI is InChI=1S/C13H22N2O5/c1-20-8-7-15(9-12(17)18)11(16)3-2-6-14-13(19)10-4-5-10/h10H,2-9H2,1H3,(H,14,19)(H,17,18). The van der Waals surface area contributed by atoms with E-state index in [1.54, 1.807) is 0 Å². The summed E-state index contributed by atoms with van der Waals surface area (Å²) in [5.74, 6) is -1.06. The molecule has 1 aliphatic carbocycles. The van der Waals surface area contributed by atoms with Gasteiger partial charge in [-0.2, -0.15) is 0 Å². The van der Waals surface area contributed by atoms with Crippen LogP contribution in [0.4, 0.5) is 0 Å². The molecule has 114 valence electrons. The fourth-order valence-electron chi connectivity index (χ4n) is 1.76. The van der Waals surface area contributed by atoms with E-state index in [0.717, 1.165) is 12.8 Å². The molecule has 0 bridgehead atoms. The molecular formula is C13H22N2O5. The van der Waals surface area contributed by atoms with Crippen LogP contribution in [0.3, 0.4) is 0 Å². The number of carboxylic acid groups (broad SMARTS) is 1. The van der Waals surface area contributed by atoms with Gasteiger partial charge >= 0.3 is 5.97 Å². The van der Waals surface area contributed by atoms with E-state index in [4.69, 9.17) is 9.84 Å². The van der Waals surface area contributed by atoms with Crippen molar-refractivity contribution in [2.45, 2.75) is 25.7 Å². The molecule has 0 radical (unpaired) electrons. The van der Waals surface area contributed by atoms with Gasteiger partial charge in [0.1, 0.15) is 6.54 Å². The third-order valence-corrected chi connectivity index (χ3v) is 3.06. The second-order valence-corrected chi connectivity index (χ2v) is 4.87. The highest BCUT2D eigenvalue weighted by atomic mass is 16.5. The summed E-state index contributed by atoms with van der Waals surface area (Å²) in [7, 11) is 1.50. The van der Waals surface area contributed by atoms with Crippen molar-refractivity contribution in [2.75, 3.05) is 33.4 Å². The molecule has 0 aliphatic heterocycles. The molecule has 20 heavy (non-hydrogen) atoms. The zero-order chi connectivity index (χ0) is 15.0. The SMILES string of the molecule is COCCN(CC(=O)O)C(=O)CCCNC(=O)C1CC1. The van der Waals surface area contributed by atoms with Crippen LogP contribution in [0.25, 0.3) is 0 Å². The quantitative estimate of drug-likeness (QED) is 0.545. The summed E-state index contributed by atoms with van der Waals surface area (Å²) in [6.07, 6.45) is 2.64. The van der Waals surface area contributed by atoms with Crippen LogP contribution in [0.1, 0.15) is 25.7 Å². The lowest BCUT2D eigenvalue weighted by atomic mass is 10.2. The van der Waals surface area contributed by atoms with Gasteiger partial charge in [0.2, 0.25) is 11.8 Å². The van der Waals surface area contributed by atoms with Crippen molar-refractivity contribution in [2.24, 2.45) is 5.92 Å². The molecular weight excluding hydrogens is 264 g/mol. The molecule has 1 aliphatic rings. The van der Waals surface area contributed by atoms with Gasteiger partial charge < -0.3 is 20.1 Å². The van der Waals surface area contributed by atoms with Crippen LogP contribution >= 0.6 is 0 Å². The van der Waals surface area contributed by atoms with E-state index in [0.29, 0.717) is 19.6 Å². The van der Waals surface area contributed by atoms with Crippen molar-refractivity contribution in [3.8, 4) is 0 Å². The first-order valence-corrected chi connectivity index (χ1v) is 6.80. The minimum Gasteiger partial charge on any atom is -0.480 e. The molecule has 0 unspecified atom stereocenters. The first-order chi connectivity index (χ1) is 9.54. The lowest BCUT2D eigenvalue weighted by Gasteiger charge is -2.20. The molecule has 1 rings (SSSR count). The molecule has 0 aromatic heterocycles. The summed E-state index contributed by atoms with van der Waals surface area (Å²) in [5, 5.41) is 11.5. The third-order valence-electron chi connectivity index (χ3n) is 3.06. The Hall–Kier alpha value is -1.63. The number of carbonyl (C=O) groups is 3. The smallest absolute Gasteiger partial charge is 0.323 e. The number of hydrogen-bond donors (Lipinski definition) is 2. The van der Waals surface area contributed by atoms with Gasteiger partial charge in [0.05, 0.1) is 6.61 Å². The molecule has 0 saturated heterocycles. The van der Waals surface area contributed by atoms with Crippen LogP contribution in [0.2, 0.25) is 0 Å². The summed E-state index contributed by atoms with van der Waals surface area (Å²) in [4.78, 5) is 35.2. The summed E-state index contributed by atoms with van der Waals surface area (Å²) in [6, 6.07) is 0. The first kappa shape index (κ1) is 16.4. The van der Waals surface area contributed by atoms with E-state index in [1.165, 1.54) is 12.0 Å². The molecule has 2 N–H and O–H groups in total. The largest absolute Gasteiger partial charge is 0.480 e. The lowest BCUT2D eigenvalue weighted by molar-refractivity contribution is -0.144. The highest BCUT2D eigenvalue weighted by Gasteiger charge is 2.29. The van der Waals surface area contributed by atoms with Crippen LogP contribution in [-0.4, -0.2) is 61.1 Å². The van der Waals surface area contributed by atoms with Crippen LogP contribution < -0.4 is 5.32 Å². The highest BCUT2D eigenvalue weighted by molar-refractivity contribution is 5.82. The first-order valence-electron chi connectivity index (χ1n) is 6.80. The van der Waals surface area contributed by atoms with Gasteiger partial charge in [-0.15, -0.1) is 0 Å². The van der Waals surface area contributed by atoms with Crippen molar-refractivity contribution in [3.63, 3.8) is 0 Å². The number of rotatable bonds is 10. The average molecular weight is 286 g/mol. The summed E-state index contributed by atoms with van der Waals surface area (Å²) >= 11 is 0. The molecule has 2 amide bonds. The number of methoxy groups -OCH3 is 1. The molecule has 0 heterocycles. The monoisotopic (exact) mass is 286 g/mol. The normalized spacial score (nSPS) is 13.8. The van der Waals surface area contributed by atoms with Crippen molar-refractivity contribution in [1.82, 2.24) is 10.2 Å². The minimum absolute atomic E-state index is 0.0548. The van der Waals surface area contributed by atoms with Crippen LogP contribution in [0.5, 0.6) is 0 Å². The summed E-state index contributed by atoms with van der Waals surface area (Å²) in [5.41, 5.74) is 0. The molecule has 0 aromatic rings. The molecule has 0 atom stereocenters. The van der Waals surface area contributed by atoms with Gasteiger partial charge in [-0.3, -0.25) is 14.4 Å². The Morgan fingerprint density at radius 1 is 1.35 bits per heavy atom. The Morgan fingerprint density at radius 3 is 2.60 bits per heavy atom. The fraction of sp³-hybridized carbons (Fsp3) is 0.769. The Balaban J connectivity index is 2.21. The number of carbonyl (C=O) groups excluding carboxylic acids is 2.